The molecule has 3 heteroatoms. The quantitative estimate of drug-likeness (QED) is 0.759. The van der Waals surface area contributed by atoms with Crippen molar-refractivity contribution >= 4 is 5.69 Å². The maximum atomic E-state index is 5.36. The molecule has 0 aliphatic heterocycles. The van der Waals surface area contributed by atoms with E-state index in [0.29, 0.717) is 12.6 Å². The molecule has 0 aliphatic carbocycles. The van der Waals surface area contributed by atoms with E-state index >= 15 is 0 Å². The van der Waals surface area contributed by atoms with Crippen LogP contribution in [-0.2, 0) is 6.54 Å². The summed E-state index contributed by atoms with van der Waals surface area (Å²) in [4.78, 5) is 6.50. The number of aromatic nitrogens is 1. The maximum absolute atomic E-state index is 5.36. The number of hydrogen-bond acceptors (Lipinski definition) is 3. The second-order valence-electron chi connectivity index (χ2n) is 4.26. The molecule has 0 unspecified atom stereocenters. The van der Waals surface area contributed by atoms with E-state index in [4.69, 9.17) is 6.42 Å². The van der Waals surface area contributed by atoms with Crippen LogP contribution in [0.3, 0.4) is 0 Å². The van der Waals surface area contributed by atoms with Gasteiger partial charge in [-0.1, -0.05) is 19.8 Å². The van der Waals surface area contributed by atoms with E-state index in [-0.39, 0.29) is 0 Å². The highest BCUT2D eigenvalue weighted by Gasteiger charge is 2.04. The Hall–Kier alpha value is -1.53. The molecule has 0 aliphatic rings. The van der Waals surface area contributed by atoms with Crippen molar-refractivity contribution in [2.45, 2.75) is 33.4 Å². The topological polar surface area (TPSA) is 28.2 Å². The highest BCUT2D eigenvalue weighted by molar-refractivity contribution is 5.47. The molecule has 1 rings (SSSR count). The molecule has 0 amide bonds. The molecule has 1 aromatic heterocycles. The molecule has 1 N–H and O–H groups in total. The lowest BCUT2D eigenvalue weighted by molar-refractivity contribution is 0.581. The number of hydrogen-bond donors (Lipinski definition) is 1. The van der Waals surface area contributed by atoms with Crippen LogP contribution in [0.15, 0.2) is 18.3 Å². The smallest absolute Gasteiger partial charge is 0.0791 e. The third-order valence-electron chi connectivity index (χ3n) is 2.52. The number of anilines is 1. The monoisotopic (exact) mass is 231 g/mol. The Balaban J connectivity index is 2.74. The van der Waals surface area contributed by atoms with Crippen molar-refractivity contribution in [1.82, 2.24) is 10.3 Å². The largest absolute Gasteiger partial charge is 0.361 e. The number of pyridine rings is 1. The van der Waals surface area contributed by atoms with Crippen LogP contribution in [0.5, 0.6) is 0 Å². The van der Waals surface area contributed by atoms with Crippen molar-refractivity contribution in [1.29, 1.82) is 0 Å². The van der Waals surface area contributed by atoms with Gasteiger partial charge in [0.05, 0.1) is 12.2 Å². The predicted molar refractivity (Wildman–Crippen MR) is 72.9 cm³/mol. The normalized spacial score (nSPS) is 10.3. The number of nitrogens with one attached hydrogen (secondary N) is 1. The van der Waals surface area contributed by atoms with Crippen LogP contribution in [0, 0.1) is 12.3 Å². The van der Waals surface area contributed by atoms with Crippen molar-refractivity contribution in [2.75, 3.05) is 18.0 Å². The minimum atomic E-state index is 0.466. The third kappa shape index (κ3) is 4.46. The molecule has 0 saturated heterocycles. The van der Waals surface area contributed by atoms with Crippen LogP contribution in [0.25, 0.3) is 0 Å². The molecule has 1 aromatic rings. The van der Waals surface area contributed by atoms with Gasteiger partial charge in [-0.3, -0.25) is 4.98 Å². The van der Waals surface area contributed by atoms with Gasteiger partial charge < -0.3 is 10.2 Å². The summed E-state index contributed by atoms with van der Waals surface area (Å²) in [5.41, 5.74) is 2.19. The lowest BCUT2D eigenvalue weighted by Crippen LogP contribution is -2.24. The van der Waals surface area contributed by atoms with Gasteiger partial charge in [0, 0.05) is 31.0 Å². The maximum Gasteiger partial charge on any atom is 0.0791 e. The zero-order valence-corrected chi connectivity index (χ0v) is 10.9. The fourth-order valence-corrected chi connectivity index (χ4v) is 1.56. The minimum absolute atomic E-state index is 0.466. The van der Waals surface area contributed by atoms with E-state index in [2.05, 4.69) is 48.0 Å². The Morgan fingerprint density at radius 2 is 2.29 bits per heavy atom. The number of nitrogens with zero attached hydrogens (tertiary/aromatic N) is 2. The van der Waals surface area contributed by atoms with Gasteiger partial charge in [-0.15, -0.1) is 6.42 Å². The van der Waals surface area contributed by atoms with E-state index in [1.165, 1.54) is 0 Å². The van der Waals surface area contributed by atoms with Crippen molar-refractivity contribution in [2.24, 2.45) is 0 Å². The first-order valence-corrected chi connectivity index (χ1v) is 6.04. The van der Waals surface area contributed by atoms with E-state index in [1.807, 2.05) is 12.3 Å². The summed E-state index contributed by atoms with van der Waals surface area (Å²) in [6, 6.07) is 4.56. The predicted octanol–water partition coefficient (Wildman–Crippen LogP) is 2.04. The van der Waals surface area contributed by atoms with Gasteiger partial charge in [0.1, 0.15) is 0 Å². The zero-order chi connectivity index (χ0) is 12.7. The first kappa shape index (κ1) is 13.5. The Labute approximate surface area is 104 Å². The van der Waals surface area contributed by atoms with Crippen molar-refractivity contribution in [3.63, 3.8) is 0 Å². The van der Waals surface area contributed by atoms with Gasteiger partial charge >= 0.3 is 0 Å². The van der Waals surface area contributed by atoms with Gasteiger partial charge in [-0.25, -0.2) is 0 Å². The first-order valence-electron chi connectivity index (χ1n) is 6.04. The van der Waals surface area contributed by atoms with Crippen LogP contribution in [-0.4, -0.2) is 24.1 Å². The van der Waals surface area contributed by atoms with Gasteiger partial charge in [-0.05, 0) is 19.1 Å². The number of rotatable bonds is 6. The molecule has 92 valence electrons. The van der Waals surface area contributed by atoms with Crippen molar-refractivity contribution in [3.8, 4) is 12.3 Å². The second-order valence-corrected chi connectivity index (χ2v) is 4.26. The molecule has 0 radical (unpaired) electrons. The molecule has 3 nitrogen and oxygen atoms in total. The van der Waals surface area contributed by atoms with Crippen LogP contribution >= 0.6 is 0 Å². The summed E-state index contributed by atoms with van der Waals surface area (Å²) >= 11 is 0. The van der Waals surface area contributed by atoms with E-state index < -0.39 is 0 Å². The molecule has 0 saturated carbocycles. The first-order chi connectivity index (χ1) is 8.17. The van der Waals surface area contributed by atoms with E-state index in [1.54, 1.807) is 0 Å². The minimum Gasteiger partial charge on any atom is -0.361 e. The van der Waals surface area contributed by atoms with Gasteiger partial charge in [-0.2, -0.15) is 0 Å². The standard InChI is InChI=1S/C14H21N3/c1-5-9-17(6-2)14-7-8-15-13(10-14)11-16-12(3)4/h1,7-8,10,12,16H,6,9,11H2,2-4H3. The fraction of sp³-hybridized carbons (Fsp3) is 0.500. The van der Waals surface area contributed by atoms with Gasteiger partial charge in [0.15, 0.2) is 0 Å². The summed E-state index contributed by atoms with van der Waals surface area (Å²) in [5.74, 6) is 2.68. The highest BCUT2D eigenvalue weighted by Crippen LogP contribution is 2.13. The summed E-state index contributed by atoms with van der Waals surface area (Å²) < 4.78 is 0. The molecule has 0 atom stereocenters. The SMILES string of the molecule is C#CCN(CC)c1ccnc(CNC(C)C)c1. The van der Waals surface area contributed by atoms with Crippen molar-refractivity contribution < 1.29 is 0 Å². The summed E-state index contributed by atoms with van der Waals surface area (Å²) in [5, 5.41) is 3.36. The Bertz CT molecular complexity index is 379. The van der Waals surface area contributed by atoms with Gasteiger partial charge in [0.2, 0.25) is 0 Å². The van der Waals surface area contributed by atoms with Crippen LogP contribution < -0.4 is 10.2 Å². The molecule has 0 bridgehead atoms. The number of terminal acetylenes is 1. The molecule has 1 heterocycles. The zero-order valence-electron chi connectivity index (χ0n) is 10.9. The van der Waals surface area contributed by atoms with Crippen LogP contribution in [0.2, 0.25) is 0 Å². The molecular weight excluding hydrogens is 210 g/mol. The Morgan fingerprint density at radius 1 is 1.53 bits per heavy atom. The Morgan fingerprint density at radius 3 is 2.88 bits per heavy atom. The lowest BCUT2D eigenvalue weighted by Gasteiger charge is -2.20. The second kappa shape index (κ2) is 6.93. The molecule has 17 heavy (non-hydrogen) atoms. The van der Waals surface area contributed by atoms with E-state index in [0.717, 1.165) is 24.5 Å². The molecular formula is C14H21N3. The Kier molecular flexibility index (Phi) is 5.51. The lowest BCUT2D eigenvalue weighted by atomic mass is 10.2. The molecule has 0 aromatic carbocycles. The average molecular weight is 231 g/mol. The van der Waals surface area contributed by atoms with Gasteiger partial charge in [0.25, 0.3) is 0 Å². The van der Waals surface area contributed by atoms with E-state index in [9.17, 15) is 0 Å². The fourth-order valence-electron chi connectivity index (χ4n) is 1.56. The third-order valence-corrected chi connectivity index (χ3v) is 2.52. The van der Waals surface area contributed by atoms with Crippen LogP contribution in [0.4, 0.5) is 5.69 Å². The molecule has 0 fully saturated rings. The summed E-state index contributed by atoms with van der Waals surface area (Å²) in [6.07, 6.45) is 7.20. The average Bonchev–Trinajstić information content (AvgIpc) is 2.34. The molecule has 0 spiro atoms. The van der Waals surface area contributed by atoms with Crippen molar-refractivity contribution in [3.05, 3.63) is 24.0 Å². The highest BCUT2D eigenvalue weighted by atomic mass is 15.1. The summed E-state index contributed by atoms with van der Waals surface area (Å²) in [6.45, 7) is 8.69. The summed E-state index contributed by atoms with van der Waals surface area (Å²) in [7, 11) is 0. The van der Waals surface area contributed by atoms with Crippen LogP contribution in [0.1, 0.15) is 26.5 Å².